The Hall–Kier alpha value is -3.31. The van der Waals surface area contributed by atoms with Gasteiger partial charge in [-0.3, -0.25) is 14.2 Å². The van der Waals surface area contributed by atoms with Crippen molar-refractivity contribution in [1.29, 1.82) is 0 Å². The Kier molecular flexibility index (Phi) is 8.65. The molecule has 2 atom stereocenters. The van der Waals surface area contributed by atoms with Gasteiger partial charge in [0.15, 0.2) is 5.82 Å². The molecule has 11 heteroatoms. The number of anilines is 2. The molecule has 0 spiro atoms. The molecule has 9 nitrogen and oxygen atoms in total. The third-order valence-electron chi connectivity index (χ3n) is 11.2. The quantitative estimate of drug-likeness (QED) is 0.395. The Morgan fingerprint density at radius 2 is 1.83 bits per heavy atom. The molecule has 4 aliphatic heterocycles. The summed E-state index contributed by atoms with van der Waals surface area (Å²) in [7, 11) is 1.80. The van der Waals surface area contributed by atoms with Crippen molar-refractivity contribution in [3.63, 3.8) is 0 Å². The molecular formula is C35H48F2N8O. The van der Waals surface area contributed by atoms with Gasteiger partial charge < -0.3 is 20.0 Å². The maximum Gasteiger partial charge on any atom is 0.264 e. The van der Waals surface area contributed by atoms with Crippen molar-refractivity contribution < 1.29 is 13.6 Å². The molecule has 0 radical (unpaired) electrons. The highest BCUT2D eigenvalue weighted by Gasteiger charge is 2.36. The monoisotopic (exact) mass is 634 g/mol. The summed E-state index contributed by atoms with van der Waals surface area (Å²) in [6.07, 6.45) is 5.38. The van der Waals surface area contributed by atoms with Crippen molar-refractivity contribution in [1.82, 2.24) is 34.7 Å². The van der Waals surface area contributed by atoms with Gasteiger partial charge in [-0.1, -0.05) is 13.8 Å². The lowest BCUT2D eigenvalue weighted by molar-refractivity contribution is -0.129. The number of alkyl halides is 2. The number of carbonyl (C=O) groups is 1. The minimum absolute atomic E-state index is 0.0158. The smallest absolute Gasteiger partial charge is 0.264 e. The van der Waals surface area contributed by atoms with Gasteiger partial charge in [0.1, 0.15) is 0 Å². The van der Waals surface area contributed by atoms with E-state index in [0.717, 1.165) is 93.4 Å². The summed E-state index contributed by atoms with van der Waals surface area (Å²) in [4.78, 5) is 19.2. The van der Waals surface area contributed by atoms with Crippen molar-refractivity contribution in [3.8, 4) is 11.1 Å². The van der Waals surface area contributed by atoms with Gasteiger partial charge >= 0.3 is 0 Å². The third-order valence-corrected chi connectivity index (χ3v) is 11.2. The van der Waals surface area contributed by atoms with Gasteiger partial charge in [-0.25, -0.2) is 8.78 Å². The molecule has 7 rings (SSSR count). The Morgan fingerprint density at radius 3 is 2.50 bits per heavy atom. The van der Waals surface area contributed by atoms with Crippen LogP contribution in [0.4, 0.5) is 20.3 Å². The van der Waals surface area contributed by atoms with Crippen LogP contribution in [0.3, 0.4) is 0 Å². The fraction of sp³-hybridized carbons (Fsp3) is 0.629. The molecule has 1 aromatic carbocycles. The minimum atomic E-state index is -2.62. The Morgan fingerprint density at radius 1 is 1.07 bits per heavy atom. The molecule has 2 aromatic heterocycles. The van der Waals surface area contributed by atoms with Crippen LogP contribution >= 0.6 is 0 Å². The molecule has 4 aliphatic rings. The fourth-order valence-electron chi connectivity index (χ4n) is 8.48. The number of piperidine rings is 2. The van der Waals surface area contributed by atoms with Crippen LogP contribution in [-0.4, -0.2) is 81.1 Å². The standard InChI is InChI=1S/C35H48F2N8O/c1-22-16-38-17-23(2)30(22)20-42-11-7-27(8-12-42)45-32-9-13-43(24(3)46)21-31(32)35(40-45)44-10-5-6-25-14-28(26-18-39-41(4)19-26)29(34(36)37)15-33(25)44/h14-15,18-19,22-23,27,30,34,38H,5-13,16-17,20-21H2,1-4H3. The van der Waals surface area contributed by atoms with E-state index in [-0.39, 0.29) is 11.5 Å². The van der Waals surface area contributed by atoms with Gasteiger partial charge in [-0.15, -0.1) is 0 Å². The molecule has 3 aromatic rings. The normalized spacial score (nSPS) is 24.4. The van der Waals surface area contributed by atoms with Crippen LogP contribution in [0.15, 0.2) is 24.5 Å². The summed E-state index contributed by atoms with van der Waals surface area (Å²) < 4.78 is 33.1. The second-order valence-corrected chi connectivity index (χ2v) is 14.2. The molecule has 1 amide bonds. The summed E-state index contributed by atoms with van der Waals surface area (Å²) in [6.45, 7) is 13.8. The lowest BCUT2D eigenvalue weighted by atomic mass is 9.80. The van der Waals surface area contributed by atoms with Gasteiger partial charge in [-0.05, 0) is 79.8 Å². The summed E-state index contributed by atoms with van der Waals surface area (Å²) in [5.41, 5.74) is 5.39. The maximum atomic E-state index is 14.6. The van der Waals surface area contributed by atoms with Gasteiger partial charge in [0, 0.05) is 87.4 Å². The predicted octanol–water partition coefficient (Wildman–Crippen LogP) is 5.34. The third kappa shape index (κ3) is 5.85. The largest absolute Gasteiger partial charge is 0.338 e. The Labute approximate surface area is 270 Å². The Balaban J connectivity index is 1.20. The summed E-state index contributed by atoms with van der Waals surface area (Å²) in [6, 6.07) is 3.91. The number of hydrogen-bond acceptors (Lipinski definition) is 6. The van der Waals surface area contributed by atoms with E-state index in [0.29, 0.717) is 48.6 Å². The number of aromatic nitrogens is 4. The number of rotatable bonds is 6. The van der Waals surface area contributed by atoms with Gasteiger partial charge in [0.25, 0.3) is 6.43 Å². The number of nitrogens with one attached hydrogen (secondary N) is 1. The average Bonchev–Trinajstić information content (AvgIpc) is 3.65. The van der Waals surface area contributed by atoms with E-state index in [2.05, 4.69) is 38.7 Å². The first-order chi connectivity index (χ1) is 22.2. The zero-order chi connectivity index (χ0) is 32.1. The summed E-state index contributed by atoms with van der Waals surface area (Å²) >= 11 is 0. The highest BCUT2D eigenvalue weighted by atomic mass is 19.3. The number of nitrogens with zero attached hydrogens (tertiary/aromatic N) is 7. The van der Waals surface area contributed by atoms with Crippen molar-refractivity contribution in [3.05, 3.63) is 46.9 Å². The molecule has 46 heavy (non-hydrogen) atoms. The average molecular weight is 635 g/mol. The molecule has 0 saturated carbocycles. The van der Waals surface area contributed by atoms with E-state index in [9.17, 15) is 13.6 Å². The number of carbonyl (C=O) groups excluding carboxylic acids is 1. The van der Waals surface area contributed by atoms with E-state index < -0.39 is 6.43 Å². The van der Waals surface area contributed by atoms with Crippen LogP contribution in [0.5, 0.6) is 0 Å². The highest BCUT2D eigenvalue weighted by Crippen LogP contribution is 2.43. The van der Waals surface area contributed by atoms with Crippen molar-refractivity contribution in [2.24, 2.45) is 24.8 Å². The zero-order valence-corrected chi connectivity index (χ0v) is 27.7. The zero-order valence-electron chi connectivity index (χ0n) is 27.7. The minimum Gasteiger partial charge on any atom is -0.338 e. The van der Waals surface area contributed by atoms with Crippen molar-refractivity contribution in [2.75, 3.05) is 50.7 Å². The number of fused-ring (bicyclic) bond motifs is 2. The number of amides is 1. The molecular weight excluding hydrogens is 586 g/mol. The first kappa shape index (κ1) is 31.3. The predicted molar refractivity (Wildman–Crippen MR) is 175 cm³/mol. The Bertz CT molecular complexity index is 1560. The van der Waals surface area contributed by atoms with Crippen molar-refractivity contribution >= 4 is 17.4 Å². The second-order valence-electron chi connectivity index (χ2n) is 14.2. The van der Waals surface area contributed by atoms with E-state index >= 15 is 0 Å². The first-order valence-electron chi connectivity index (χ1n) is 17.2. The second kappa shape index (κ2) is 12.7. The summed E-state index contributed by atoms with van der Waals surface area (Å²) in [5, 5.41) is 13.1. The number of likely N-dealkylation sites (tertiary alicyclic amines) is 1. The van der Waals surface area contributed by atoms with E-state index in [4.69, 9.17) is 5.10 Å². The number of aryl methyl sites for hydroxylation is 2. The molecule has 248 valence electrons. The first-order valence-corrected chi connectivity index (χ1v) is 17.2. The number of benzene rings is 1. The molecule has 0 aliphatic carbocycles. The molecule has 1 N–H and O–H groups in total. The number of hydrogen-bond donors (Lipinski definition) is 1. The topological polar surface area (TPSA) is 74.5 Å². The van der Waals surface area contributed by atoms with Crippen molar-refractivity contribution in [2.45, 2.75) is 71.9 Å². The molecule has 6 heterocycles. The molecule has 2 saturated heterocycles. The highest BCUT2D eigenvalue weighted by molar-refractivity contribution is 5.78. The van der Waals surface area contributed by atoms with Crippen LogP contribution in [0.2, 0.25) is 0 Å². The van der Waals surface area contributed by atoms with Crippen LogP contribution in [0.25, 0.3) is 11.1 Å². The van der Waals surface area contributed by atoms with Crippen LogP contribution < -0.4 is 10.2 Å². The van der Waals surface area contributed by atoms with Crippen LogP contribution in [-0.2, 0) is 31.2 Å². The SMILES string of the molecule is CC(=O)N1CCc2c(c(N3CCCc4cc(-c5cnn(C)c5)c(C(F)F)cc43)nn2C2CCN(CC3C(C)CNCC3C)CC2)C1. The van der Waals surface area contributed by atoms with E-state index in [1.807, 2.05) is 11.0 Å². The number of halogens is 2. The van der Waals surface area contributed by atoms with Gasteiger partial charge in [0.05, 0.1) is 18.8 Å². The lowest BCUT2D eigenvalue weighted by Crippen LogP contribution is -2.47. The van der Waals surface area contributed by atoms with Crippen LogP contribution in [0.1, 0.15) is 74.9 Å². The molecule has 2 fully saturated rings. The van der Waals surface area contributed by atoms with E-state index in [1.54, 1.807) is 37.1 Å². The fourth-order valence-corrected chi connectivity index (χ4v) is 8.48. The van der Waals surface area contributed by atoms with Gasteiger partial charge in [-0.2, -0.15) is 10.2 Å². The van der Waals surface area contributed by atoms with E-state index in [1.165, 1.54) is 5.69 Å². The summed E-state index contributed by atoms with van der Waals surface area (Å²) in [5.74, 6) is 2.97. The van der Waals surface area contributed by atoms with Gasteiger partial charge in [0.2, 0.25) is 5.91 Å². The van der Waals surface area contributed by atoms with Crippen LogP contribution in [0, 0.1) is 17.8 Å². The lowest BCUT2D eigenvalue weighted by Gasteiger charge is -2.41. The maximum absolute atomic E-state index is 14.6. The molecule has 0 bridgehead atoms. The molecule has 2 unspecified atom stereocenters.